The molecule has 0 aliphatic heterocycles. The standard InChI is InChI=1S/C13H15N3OS/c14-7-9-2-1-3-11(6-9)18-8-12-15-13(16-17-12)10-4-5-10/h1-3,6,10H,4-5,7-8,14H2. The minimum absolute atomic E-state index is 0.549. The van der Waals surface area contributed by atoms with Crippen LogP contribution in [-0.4, -0.2) is 10.1 Å². The summed E-state index contributed by atoms with van der Waals surface area (Å²) >= 11 is 1.70. The molecule has 0 bridgehead atoms. The Morgan fingerprint density at radius 1 is 1.39 bits per heavy atom. The lowest BCUT2D eigenvalue weighted by Gasteiger charge is -2.01. The van der Waals surface area contributed by atoms with Crippen molar-refractivity contribution in [2.75, 3.05) is 0 Å². The van der Waals surface area contributed by atoms with Crippen LogP contribution in [0, 0.1) is 0 Å². The third-order valence-electron chi connectivity index (χ3n) is 2.92. The Bertz CT molecular complexity index is 537. The second kappa shape index (κ2) is 5.12. The second-order valence-corrected chi connectivity index (χ2v) is 5.51. The lowest BCUT2D eigenvalue weighted by molar-refractivity contribution is 0.385. The van der Waals surface area contributed by atoms with Crippen LogP contribution in [0.5, 0.6) is 0 Å². The van der Waals surface area contributed by atoms with Gasteiger partial charge < -0.3 is 10.3 Å². The van der Waals surface area contributed by atoms with Crippen LogP contribution in [0.25, 0.3) is 0 Å². The summed E-state index contributed by atoms with van der Waals surface area (Å²) in [6, 6.07) is 8.22. The molecule has 0 radical (unpaired) electrons. The normalized spacial score (nSPS) is 14.9. The van der Waals surface area contributed by atoms with Crippen molar-refractivity contribution in [2.45, 2.75) is 36.0 Å². The van der Waals surface area contributed by atoms with E-state index in [4.69, 9.17) is 10.3 Å². The summed E-state index contributed by atoms with van der Waals surface area (Å²) in [5, 5.41) is 4.00. The Morgan fingerprint density at radius 2 is 2.28 bits per heavy atom. The summed E-state index contributed by atoms with van der Waals surface area (Å²) in [7, 11) is 0. The summed E-state index contributed by atoms with van der Waals surface area (Å²) < 4.78 is 5.24. The third-order valence-corrected chi connectivity index (χ3v) is 3.90. The van der Waals surface area contributed by atoms with Gasteiger partial charge in [0.25, 0.3) is 0 Å². The van der Waals surface area contributed by atoms with Crippen LogP contribution in [0.4, 0.5) is 0 Å². The van der Waals surface area contributed by atoms with Gasteiger partial charge in [-0.05, 0) is 30.5 Å². The van der Waals surface area contributed by atoms with Gasteiger partial charge in [-0.2, -0.15) is 4.98 Å². The van der Waals surface area contributed by atoms with Crippen molar-refractivity contribution < 1.29 is 4.52 Å². The maximum atomic E-state index is 5.62. The van der Waals surface area contributed by atoms with Crippen molar-refractivity contribution in [3.8, 4) is 0 Å². The number of thioether (sulfide) groups is 1. The predicted octanol–water partition coefficient (Wildman–Crippen LogP) is 2.70. The molecule has 0 unspecified atom stereocenters. The van der Waals surface area contributed by atoms with Crippen molar-refractivity contribution in [1.29, 1.82) is 0 Å². The number of benzene rings is 1. The summed E-state index contributed by atoms with van der Waals surface area (Å²) in [5.74, 6) is 2.85. The van der Waals surface area contributed by atoms with Gasteiger partial charge >= 0.3 is 0 Å². The smallest absolute Gasteiger partial charge is 0.237 e. The van der Waals surface area contributed by atoms with E-state index in [1.165, 1.54) is 17.7 Å². The molecule has 18 heavy (non-hydrogen) atoms. The summed E-state index contributed by atoms with van der Waals surface area (Å²) in [4.78, 5) is 5.59. The Kier molecular flexibility index (Phi) is 3.34. The van der Waals surface area contributed by atoms with Gasteiger partial charge in [0.05, 0.1) is 5.75 Å². The molecule has 2 N–H and O–H groups in total. The molecule has 0 spiro atoms. The number of nitrogens with two attached hydrogens (primary N) is 1. The summed E-state index contributed by atoms with van der Waals surface area (Å²) in [5.41, 5.74) is 6.76. The Morgan fingerprint density at radius 3 is 3.06 bits per heavy atom. The topological polar surface area (TPSA) is 64.9 Å². The Balaban J connectivity index is 1.61. The van der Waals surface area contributed by atoms with Crippen LogP contribution < -0.4 is 5.73 Å². The highest BCUT2D eigenvalue weighted by molar-refractivity contribution is 7.98. The zero-order valence-electron chi connectivity index (χ0n) is 10.0. The molecule has 3 rings (SSSR count). The summed E-state index contributed by atoms with van der Waals surface area (Å²) in [6.45, 7) is 0.570. The van der Waals surface area contributed by atoms with Gasteiger partial charge in [-0.25, -0.2) is 0 Å². The molecule has 1 aromatic carbocycles. The lowest BCUT2D eigenvalue weighted by atomic mass is 10.2. The first-order valence-corrected chi connectivity index (χ1v) is 7.08. The highest BCUT2D eigenvalue weighted by atomic mass is 32.2. The first-order chi connectivity index (χ1) is 8.85. The van der Waals surface area contributed by atoms with Crippen LogP contribution in [0.3, 0.4) is 0 Å². The van der Waals surface area contributed by atoms with E-state index in [1.807, 2.05) is 12.1 Å². The fraction of sp³-hybridized carbons (Fsp3) is 0.385. The van der Waals surface area contributed by atoms with Gasteiger partial charge in [-0.15, -0.1) is 11.8 Å². The van der Waals surface area contributed by atoms with E-state index in [9.17, 15) is 0 Å². The van der Waals surface area contributed by atoms with Crippen LogP contribution in [0.2, 0.25) is 0 Å². The van der Waals surface area contributed by atoms with Crippen LogP contribution in [0.1, 0.15) is 36.0 Å². The molecule has 0 atom stereocenters. The van der Waals surface area contributed by atoms with Gasteiger partial charge in [0, 0.05) is 17.4 Å². The van der Waals surface area contributed by atoms with Crippen LogP contribution in [-0.2, 0) is 12.3 Å². The number of nitrogens with zero attached hydrogens (tertiary/aromatic N) is 2. The minimum Gasteiger partial charge on any atom is -0.338 e. The molecule has 94 valence electrons. The van der Waals surface area contributed by atoms with Gasteiger partial charge in [-0.3, -0.25) is 0 Å². The van der Waals surface area contributed by atoms with Crippen molar-refractivity contribution in [2.24, 2.45) is 5.73 Å². The van der Waals surface area contributed by atoms with E-state index in [-0.39, 0.29) is 0 Å². The molecular formula is C13H15N3OS. The molecule has 1 saturated carbocycles. The van der Waals surface area contributed by atoms with Gasteiger partial charge in [-0.1, -0.05) is 17.3 Å². The molecule has 0 saturated heterocycles. The van der Waals surface area contributed by atoms with Crippen molar-refractivity contribution in [1.82, 2.24) is 10.1 Å². The largest absolute Gasteiger partial charge is 0.338 e. The van der Waals surface area contributed by atoms with Crippen LogP contribution in [0.15, 0.2) is 33.7 Å². The summed E-state index contributed by atoms with van der Waals surface area (Å²) in [6.07, 6.45) is 2.40. The van der Waals surface area contributed by atoms with Crippen molar-refractivity contribution in [3.05, 3.63) is 41.5 Å². The quantitative estimate of drug-likeness (QED) is 0.838. The second-order valence-electron chi connectivity index (χ2n) is 4.46. The zero-order chi connectivity index (χ0) is 12.4. The first-order valence-electron chi connectivity index (χ1n) is 6.09. The Hall–Kier alpha value is -1.33. The fourth-order valence-electron chi connectivity index (χ4n) is 1.74. The average molecular weight is 261 g/mol. The molecule has 1 fully saturated rings. The number of hydrogen-bond donors (Lipinski definition) is 1. The van der Waals surface area contributed by atoms with Gasteiger partial charge in [0.15, 0.2) is 5.82 Å². The van der Waals surface area contributed by atoms with E-state index in [0.717, 1.165) is 11.4 Å². The Labute approximate surface area is 110 Å². The average Bonchev–Trinajstić information content (AvgIpc) is 3.16. The molecule has 2 aromatic rings. The van der Waals surface area contributed by atoms with Gasteiger partial charge in [0.1, 0.15) is 0 Å². The number of rotatable bonds is 5. The molecule has 4 nitrogen and oxygen atoms in total. The highest BCUT2D eigenvalue weighted by Crippen LogP contribution is 2.38. The van der Waals surface area contributed by atoms with Crippen LogP contribution >= 0.6 is 11.8 Å². The molecule has 1 aromatic heterocycles. The minimum atomic E-state index is 0.549. The van der Waals surface area contributed by atoms with Crippen molar-refractivity contribution >= 4 is 11.8 Å². The molecule has 1 aliphatic rings. The van der Waals surface area contributed by atoms with E-state index in [0.29, 0.717) is 24.1 Å². The molecule has 1 aliphatic carbocycles. The fourth-order valence-corrected chi connectivity index (χ4v) is 2.56. The first kappa shape index (κ1) is 11.7. The molecule has 0 amide bonds. The van der Waals surface area contributed by atoms with Gasteiger partial charge in [0.2, 0.25) is 5.89 Å². The molecular weight excluding hydrogens is 246 g/mol. The monoisotopic (exact) mass is 261 g/mol. The highest BCUT2D eigenvalue weighted by Gasteiger charge is 2.28. The maximum Gasteiger partial charge on any atom is 0.237 e. The van der Waals surface area contributed by atoms with E-state index in [1.54, 1.807) is 11.8 Å². The van der Waals surface area contributed by atoms with E-state index >= 15 is 0 Å². The number of aromatic nitrogens is 2. The van der Waals surface area contributed by atoms with E-state index < -0.39 is 0 Å². The lowest BCUT2D eigenvalue weighted by Crippen LogP contribution is -1.95. The van der Waals surface area contributed by atoms with E-state index in [2.05, 4.69) is 22.3 Å². The number of hydrogen-bond acceptors (Lipinski definition) is 5. The maximum absolute atomic E-state index is 5.62. The molecule has 5 heteroatoms. The molecule has 1 heterocycles. The SMILES string of the molecule is NCc1cccc(SCc2nc(C3CC3)no2)c1. The van der Waals surface area contributed by atoms with Crippen molar-refractivity contribution in [3.63, 3.8) is 0 Å². The predicted molar refractivity (Wildman–Crippen MR) is 70.2 cm³/mol. The zero-order valence-corrected chi connectivity index (χ0v) is 10.8. The third kappa shape index (κ3) is 2.73.